The highest BCUT2D eigenvalue weighted by molar-refractivity contribution is 5.29. The second-order valence-corrected chi connectivity index (χ2v) is 3.13. The van der Waals surface area contributed by atoms with Gasteiger partial charge in [-0.05, 0) is 38.3 Å². The topological polar surface area (TPSA) is 26.0 Å². The van der Waals surface area contributed by atoms with Gasteiger partial charge in [0.05, 0.1) is 0 Å². The predicted octanol–water partition coefficient (Wildman–Crippen LogP) is 3.54. The van der Waals surface area contributed by atoms with E-state index in [1.165, 1.54) is 11.1 Å². The first-order valence-corrected chi connectivity index (χ1v) is 4.94. The molecule has 0 radical (unpaired) electrons. The third kappa shape index (κ3) is 4.56. The average Bonchev–Trinajstić information content (AvgIpc) is 2.17. The van der Waals surface area contributed by atoms with Gasteiger partial charge in [0.15, 0.2) is 0 Å². The fourth-order valence-corrected chi connectivity index (χ4v) is 1.08. The standard InChI is InChI=1S/C12H21N/c1-5-10(4)11(6-2)8-9-12(13)7-3/h7-9H,5-6,13H2,1-4H3/b9-8-,11-10+,12-7+. The van der Waals surface area contributed by atoms with Crippen molar-refractivity contribution >= 4 is 0 Å². The number of rotatable bonds is 4. The first-order valence-electron chi connectivity index (χ1n) is 4.94. The zero-order valence-corrected chi connectivity index (χ0v) is 9.22. The summed E-state index contributed by atoms with van der Waals surface area (Å²) < 4.78 is 0. The summed E-state index contributed by atoms with van der Waals surface area (Å²) in [5.41, 5.74) is 9.34. The molecule has 1 nitrogen and oxygen atoms in total. The van der Waals surface area contributed by atoms with Crippen molar-refractivity contribution in [1.29, 1.82) is 0 Å². The van der Waals surface area contributed by atoms with Gasteiger partial charge in [-0.1, -0.05) is 31.6 Å². The molecule has 0 bridgehead atoms. The van der Waals surface area contributed by atoms with Crippen molar-refractivity contribution in [3.63, 3.8) is 0 Å². The smallest absolute Gasteiger partial charge is 0.0270 e. The fraction of sp³-hybridized carbons (Fsp3) is 0.500. The first-order chi connectivity index (χ1) is 6.15. The Labute approximate surface area is 82.0 Å². The Morgan fingerprint density at radius 1 is 1.15 bits per heavy atom. The van der Waals surface area contributed by atoms with Gasteiger partial charge in [0.1, 0.15) is 0 Å². The van der Waals surface area contributed by atoms with Crippen LogP contribution in [0.5, 0.6) is 0 Å². The Kier molecular flexibility index (Phi) is 6.03. The third-order valence-corrected chi connectivity index (χ3v) is 2.27. The molecule has 0 aromatic heterocycles. The van der Waals surface area contributed by atoms with Gasteiger partial charge >= 0.3 is 0 Å². The van der Waals surface area contributed by atoms with Crippen LogP contribution in [0, 0.1) is 0 Å². The van der Waals surface area contributed by atoms with Crippen molar-refractivity contribution in [1.82, 2.24) is 0 Å². The van der Waals surface area contributed by atoms with E-state index in [0.29, 0.717) is 0 Å². The van der Waals surface area contributed by atoms with E-state index >= 15 is 0 Å². The molecule has 0 saturated carbocycles. The van der Waals surface area contributed by atoms with Crippen LogP contribution in [0.15, 0.2) is 35.1 Å². The summed E-state index contributed by atoms with van der Waals surface area (Å²) in [4.78, 5) is 0. The molecule has 0 fully saturated rings. The predicted molar refractivity (Wildman–Crippen MR) is 60.4 cm³/mol. The quantitative estimate of drug-likeness (QED) is 0.656. The normalized spacial score (nSPS) is 14.9. The van der Waals surface area contributed by atoms with Gasteiger partial charge in [0.25, 0.3) is 0 Å². The summed E-state index contributed by atoms with van der Waals surface area (Å²) in [5.74, 6) is 0. The Hall–Kier alpha value is -0.980. The first kappa shape index (κ1) is 12.0. The van der Waals surface area contributed by atoms with Crippen molar-refractivity contribution in [2.24, 2.45) is 5.73 Å². The highest BCUT2D eigenvalue weighted by atomic mass is 14.5. The lowest BCUT2D eigenvalue weighted by molar-refractivity contribution is 1.01. The minimum absolute atomic E-state index is 0.829. The monoisotopic (exact) mass is 179 g/mol. The molecule has 0 amide bonds. The highest BCUT2D eigenvalue weighted by Crippen LogP contribution is 2.13. The highest BCUT2D eigenvalue weighted by Gasteiger charge is 1.93. The Bertz CT molecular complexity index is 232. The molecular formula is C12H21N. The molecule has 0 spiro atoms. The molecule has 0 saturated heterocycles. The van der Waals surface area contributed by atoms with E-state index in [9.17, 15) is 0 Å². The van der Waals surface area contributed by atoms with Crippen LogP contribution >= 0.6 is 0 Å². The van der Waals surface area contributed by atoms with Gasteiger partial charge in [-0.15, -0.1) is 0 Å². The van der Waals surface area contributed by atoms with Crippen LogP contribution in [0.25, 0.3) is 0 Å². The molecule has 13 heavy (non-hydrogen) atoms. The lowest BCUT2D eigenvalue weighted by Crippen LogP contribution is -1.92. The van der Waals surface area contributed by atoms with E-state index < -0.39 is 0 Å². The summed E-state index contributed by atoms with van der Waals surface area (Å²) in [7, 11) is 0. The molecule has 0 aromatic carbocycles. The minimum atomic E-state index is 0.829. The Balaban J connectivity index is 4.56. The van der Waals surface area contributed by atoms with Crippen molar-refractivity contribution in [2.45, 2.75) is 40.5 Å². The van der Waals surface area contributed by atoms with Crippen LogP contribution in [0.4, 0.5) is 0 Å². The van der Waals surface area contributed by atoms with Crippen LogP contribution in [0.1, 0.15) is 40.5 Å². The van der Waals surface area contributed by atoms with Gasteiger partial charge in [-0.25, -0.2) is 0 Å². The van der Waals surface area contributed by atoms with E-state index in [4.69, 9.17) is 5.73 Å². The number of hydrogen-bond acceptors (Lipinski definition) is 1. The van der Waals surface area contributed by atoms with Gasteiger partial charge in [0.2, 0.25) is 0 Å². The molecule has 0 rings (SSSR count). The number of nitrogens with two attached hydrogens (primary N) is 1. The van der Waals surface area contributed by atoms with Gasteiger partial charge < -0.3 is 5.73 Å². The zero-order chi connectivity index (χ0) is 10.3. The summed E-state index contributed by atoms with van der Waals surface area (Å²) >= 11 is 0. The third-order valence-electron chi connectivity index (χ3n) is 2.27. The molecule has 0 atom stereocenters. The molecular weight excluding hydrogens is 158 g/mol. The molecule has 1 heteroatoms. The second kappa shape index (κ2) is 6.53. The van der Waals surface area contributed by atoms with E-state index in [0.717, 1.165) is 18.5 Å². The van der Waals surface area contributed by atoms with Crippen LogP contribution in [-0.4, -0.2) is 0 Å². The lowest BCUT2D eigenvalue weighted by atomic mass is 10.0. The lowest BCUT2D eigenvalue weighted by Gasteiger charge is -2.03. The maximum absolute atomic E-state index is 5.67. The summed E-state index contributed by atoms with van der Waals surface area (Å²) in [6, 6.07) is 0. The maximum Gasteiger partial charge on any atom is 0.0270 e. The minimum Gasteiger partial charge on any atom is -0.399 e. The summed E-state index contributed by atoms with van der Waals surface area (Å²) in [6.45, 7) is 8.47. The van der Waals surface area contributed by atoms with Crippen molar-refractivity contribution in [2.75, 3.05) is 0 Å². The van der Waals surface area contributed by atoms with Gasteiger partial charge in [0, 0.05) is 5.70 Å². The molecule has 0 aliphatic heterocycles. The fourth-order valence-electron chi connectivity index (χ4n) is 1.08. The van der Waals surface area contributed by atoms with Gasteiger partial charge in [-0.3, -0.25) is 0 Å². The van der Waals surface area contributed by atoms with Crippen molar-refractivity contribution < 1.29 is 0 Å². The number of allylic oxidation sites excluding steroid dienone is 5. The average molecular weight is 179 g/mol. The van der Waals surface area contributed by atoms with E-state index in [-0.39, 0.29) is 0 Å². The largest absolute Gasteiger partial charge is 0.399 e. The van der Waals surface area contributed by atoms with Gasteiger partial charge in [-0.2, -0.15) is 0 Å². The molecule has 2 N–H and O–H groups in total. The molecule has 0 aliphatic rings. The van der Waals surface area contributed by atoms with Crippen LogP contribution in [0.3, 0.4) is 0 Å². The Morgan fingerprint density at radius 2 is 1.77 bits per heavy atom. The van der Waals surface area contributed by atoms with E-state index in [1.807, 2.05) is 19.1 Å². The molecule has 0 unspecified atom stereocenters. The van der Waals surface area contributed by atoms with E-state index in [1.54, 1.807) is 0 Å². The molecule has 0 aliphatic carbocycles. The Morgan fingerprint density at radius 3 is 2.15 bits per heavy atom. The number of hydrogen-bond donors (Lipinski definition) is 1. The molecule has 0 heterocycles. The second-order valence-electron chi connectivity index (χ2n) is 3.13. The van der Waals surface area contributed by atoms with Crippen molar-refractivity contribution in [3.05, 3.63) is 35.1 Å². The SMILES string of the molecule is C\C=C(N)/C=C\C(CC)=C(/C)CC. The van der Waals surface area contributed by atoms with Crippen LogP contribution < -0.4 is 5.73 Å². The summed E-state index contributed by atoms with van der Waals surface area (Å²) in [6.07, 6.45) is 8.19. The van der Waals surface area contributed by atoms with Crippen LogP contribution in [0.2, 0.25) is 0 Å². The molecule has 0 aromatic rings. The molecule has 74 valence electrons. The van der Waals surface area contributed by atoms with Crippen LogP contribution in [-0.2, 0) is 0 Å². The van der Waals surface area contributed by atoms with Crippen molar-refractivity contribution in [3.8, 4) is 0 Å². The zero-order valence-electron chi connectivity index (χ0n) is 9.22. The maximum atomic E-state index is 5.67. The summed E-state index contributed by atoms with van der Waals surface area (Å²) in [5, 5.41) is 0. The van der Waals surface area contributed by atoms with E-state index in [2.05, 4.69) is 26.8 Å².